The molecule has 0 fully saturated rings. The summed E-state index contributed by atoms with van der Waals surface area (Å²) in [6, 6.07) is 5.06. The van der Waals surface area contributed by atoms with Gasteiger partial charge in [-0.15, -0.1) is 0 Å². The number of aromatic nitrogens is 1. The first kappa shape index (κ1) is 10.7. The normalized spacial score (nSPS) is 10.5. The topological polar surface area (TPSA) is 12.9 Å². The molecule has 82 valence electrons. The maximum absolute atomic E-state index is 13.4. The molecule has 1 aromatic carbocycles. The van der Waals surface area contributed by atoms with Gasteiger partial charge in [0.15, 0.2) is 0 Å². The van der Waals surface area contributed by atoms with E-state index in [2.05, 4.69) is 4.98 Å². The number of hydrogen-bond donors (Lipinski definition) is 0. The van der Waals surface area contributed by atoms with Gasteiger partial charge in [-0.05, 0) is 30.2 Å². The van der Waals surface area contributed by atoms with Crippen LogP contribution in [0, 0.1) is 24.5 Å². The van der Waals surface area contributed by atoms with Gasteiger partial charge in [0.1, 0.15) is 11.6 Å². The fourth-order valence-corrected chi connectivity index (χ4v) is 1.42. The van der Waals surface area contributed by atoms with Gasteiger partial charge in [-0.25, -0.2) is 13.8 Å². The number of benzene rings is 1. The van der Waals surface area contributed by atoms with Gasteiger partial charge in [0.25, 0.3) is 0 Å². The van der Waals surface area contributed by atoms with E-state index in [0.29, 0.717) is 5.56 Å². The molecule has 2 rings (SSSR count). The molecule has 0 spiro atoms. The standard InChI is InChI=1S/C12H8F3N/c1-7-2-3-8(6-10(7)14)11-9(13)4-5-16-12(11)15/h2-6H,1H3. The van der Waals surface area contributed by atoms with Crippen molar-refractivity contribution < 1.29 is 13.2 Å². The molecule has 0 bridgehead atoms. The van der Waals surface area contributed by atoms with Gasteiger partial charge >= 0.3 is 0 Å². The summed E-state index contributed by atoms with van der Waals surface area (Å²) < 4.78 is 39.9. The summed E-state index contributed by atoms with van der Waals surface area (Å²) in [7, 11) is 0. The van der Waals surface area contributed by atoms with Crippen LogP contribution in [0.25, 0.3) is 11.1 Å². The first-order valence-corrected chi connectivity index (χ1v) is 4.66. The van der Waals surface area contributed by atoms with Crippen molar-refractivity contribution in [2.45, 2.75) is 6.92 Å². The van der Waals surface area contributed by atoms with Crippen LogP contribution in [0.3, 0.4) is 0 Å². The van der Waals surface area contributed by atoms with E-state index in [4.69, 9.17) is 0 Å². The fourth-order valence-electron chi connectivity index (χ4n) is 1.42. The van der Waals surface area contributed by atoms with Crippen LogP contribution in [-0.4, -0.2) is 4.98 Å². The highest BCUT2D eigenvalue weighted by molar-refractivity contribution is 5.64. The van der Waals surface area contributed by atoms with Gasteiger partial charge in [-0.2, -0.15) is 4.39 Å². The van der Waals surface area contributed by atoms with E-state index in [-0.39, 0.29) is 11.1 Å². The Labute approximate surface area is 90.6 Å². The second kappa shape index (κ2) is 3.96. The van der Waals surface area contributed by atoms with Crippen LogP contribution >= 0.6 is 0 Å². The van der Waals surface area contributed by atoms with Gasteiger partial charge in [-0.3, -0.25) is 0 Å². The minimum Gasteiger partial charge on any atom is -0.228 e. The molecule has 0 radical (unpaired) electrons. The van der Waals surface area contributed by atoms with Crippen LogP contribution in [0.1, 0.15) is 5.56 Å². The van der Waals surface area contributed by atoms with Crippen LogP contribution in [0.5, 0.6) is 0 Å². The zero-order valence-corrected chi connectivity index (χ0v) is 8.47. The van der Waals surface area contributed by atoms with Gasteiger partial charge in [0, 0.05) is 6.20 Å². The van der Waals surface area contributed by atoms with Gasteiger partial charge in [0.05, 0.1) is 5.56 Å². The maximum atomic E-state index is 13.4. The molecular formula is C12H8F3N. The molecule has 1 aromatic heterocycles. The molecule has 0 aliphatic carbocycles. The summed E-state index contributed by atoms with van der Waals surface area (Å²) >= 11 is 0. The zero-order chi connectivity index (χ0) is 11.7. The second-order valence-electron chi connectivity index (χ2n) is 3.42. The molecular weight excluding hydrogens is 215 g/mol. The predicted molar refractivity (Wildman–Crippen MR) is 54.3 cm³/mol. The van der Waals surface area contributed by atoms with E-state index in [1.807, 2.05) is 0 Å². The highest BCUT2D eigenvalue weighted by Crippen LogP contribution is 2.25. The van der Waals surface area contributed by atoms with Gasteiger partial charge in [0.2, 0.25) is 5.95 Å². The van der Waals surface area contributed by atoms with Crippen molar-refractivity contribution in [3.8, 4) is 11.1 Å². The highest BCUT2D eigenvalue weighted by atomic mass is 19.1. The first-order chi connectivity index (χ1) is 7.59. The third kappa shape index (κ3) is 1.78. The third-order valence-electron chi connectivity index (χ3n) is 2.31. The van der Waals surface area contributed by atoms with Crippen LogP contribution in [0.2, 0.25) is 0 Å². The third-order valence-corrected chi connectivity index (χ3v) is 2.31. The lowest BCUT2D eigenvalue weighted by Crippen LogP contribution is -1.94. The maximum Gasteiger partial charge on any atom is 0.223 e. The lowest BCUT2D eigenvalue weighted by molar-refractivity contribution is 0.557. The van der Waals surface area contributed by atoms with E-state index in [9.17, 15) is 13.2 Å². The molecule has 0 saturated heterocycles. The Kier molecular flexibility index (Phi) is 2.64. The van der Waals surface area contributed by atoms with E-state index < -0.39 is 17.6 Å². The Hall–Kier alpha value is -1.84. The number of pyridine rings is 1. The lowest BCUT2D eigenvalue weighted by atomic mass is 10.0. The number of nitrogens with zero attached hydrogens (tertiary/aromatic N) is 1. The van der Waals surface area contributed by atoms with E-state index >= 15 is 0 Å². The number of rotatable bonds is 1. The van der Waals surface area contributed by atoms with Crippen LogP contribution < -0.4 is 0 Å². The average Bonchev–Trinajstić information content (AvgIpc) is 2.23. The van der Waals surface area contributed by atoms with Gasteiger partial charge in [-0.1, -0.05) is 12.1 Å². The molecule has 0 N–H and O–H groups in total. The highest BCUT2D eigenvalue weighted by Gasteiger charge is 2.13. The smallest absolute Gasteiger partial charge is 0.223 e. The van der Waals surface area contributed by atoms with Crippen molar-refractivity contribution in [2.24, 2.45) is 0 Å². The second-order valence-corrected chi connectivity index (χ2v) is 3.42. The van der Waals surface area contributed by atoms with Crippen LogP contribution in [0.4, 0.5) is 13.2 Å². The zero-order valence-electron chi connectivity index (χ0n) is 8.47. The molecule has 0 amide bonds. The average molecular weight is 223 g/mol. The van der Waals surface area contributed by atoms with Crippen molar-refractivity contribution in [1.82, 2.24) is 4.98 Å². The van der Waals surface area contributed by atoms with Gasteiger partial charge < -0.3 is 0 Å². The first-order valence-electron chi connectivity index (χ1n) is 4.66. The molecule has 0 atom stereocenters. The minimum atomic E-state index is -0.941. The van der Waals surface area contributed by atoms with Crippen molar-refractivity contribution in [1.29, 1.82) is 0 Å². The molecule has 0 saturated carbocycles. The predicted octanol–water partition coefficient (Wildman–Crippen LogP) is 3.47. The number of hydrogen-bond acceptors (Lipinski definition) is 1. The Bertz CT molecular complexity index is 518. The summed E-state index contributed by atoms with van der Waals surface area (Å²) in [5.74, 6) is -2.20. The summed E-state index contributed by atoms with van der Waals surface area (Å²) in [5.41, 5.74) is 0.265. The molecule has 2 aromatic rings. The largest absolute Gasteiger partial charge is 0.228 e. The molecule has 1 nitrogen and oxygen atoms in total. The van der Waals surface area contributed by atoms with E-state index in [0.717, 1.165) is 18.3 Å². The molecule has 1 heterocycles. The van der Waals surface area contributed by atoms with Crippen molar-refractivity contribution in [3.05, 3.63) is 53.6 Å². The summed E-state index contributed by atoms with van der Waals surface area (Å²) in [4.78, 5) is 3.34. The van der Waals surface area contributed by atoms with Crippen molar-refractivity contribution >= 4 is 0 Å². The molecule has 0 aliphatic heterocycles. The lowest BCUT2D eigenvalue weighted by Gasteiger charge is -2.05. The Morgan fingerprint density at radius 1 is 1.00 bits per heavy atom. The number of halogens is 3. The van der Waals surface area contributed by atoms with Crippen molar-refractivity contribution in [2.75, 3.05) is 0 Å². The molecule has 0 unspecified atom stereocenters. The van der Waals surface area contributed by atoms with Crippen LogP contribution in [-0.2, 0) is 0 Å². The molecule has 4 heteroatoms. The Morgan fingerprint density at radius 3 is 2.38 bits per heavy atom. The van der Waals surface area contributed by atoms with Crippen molar-refractivity contribution in [3.63, 3.8) is 0 Å². The molecule has 16 heavy (non-hydrogen) atoms. The van der Waals surface area contributed by atoms with E-state index in [1.54, 1.807) is 6.92 Å². The van der Waals surface area contributed by atoms with Crippen LogP contribution in [0.15, 0.2) is 30.5 Å². The Balaban J connectivity index is 2.63. The Morgan fingerprint density at radius 2 is 1.75 bits per heavy atom. The summed E-state index contributed by atoms with van der Waals surface area (Å²) in [6.07, 6.45) is 1.03. The number of aryl methyl sites for hydroxylation is 1. The quantitative estimate of drug-likeness (QED) is 0.674. The van der Waals surface area contributed by atoms with E-state index in [1.165, 1.54) is 12.1 Å². The summed E-state index contributed by atoms with van der Waals surface area (Å²) in [6.45, 7) is 1.58. The molecule has 0 aliphatic rings. The fraction of sp³-hybridized carbons (Fsp3) is 0.0833. The monoisotopic (exact) mass is 223 g/mol. The minimum absolute atomic E-state index is 0.145. The SMILES string of the molecule is Cc1ccc(-c2c(F)ccnc2F)cc1F. The summed E-state index contributed by atoms with van der Waals surface area (Å²) in [5, 5.41) is 0.